The number of carbonyl (C=O) groups is 1. The Bertz CT molecular complexity index is 542. The number of thioether (sulfide) groups is 1. The quantitative estimate of drug-likeness (QED) is 0.640. The highest BCUT2D eigenvalue weighted by Crippen LogP contribution is 2.32. The predicted molar refractivity (Wildman–Crippen MR) is 83.2 cm³/mol. The normalized spacial score (nSPS) is 21.8. The summed E-state index contributed by atoms with van der Waals surface area (Å²) < 4.78 is 0. The lowest BCUT2D eigenvalue weighted by Crippen LogP contribution is -2.27. The van der Waals surface area contributed by atoms with Gasteiger partial charge >= 0.3 is 5.97 Å². The Morgan fingerprint density at radius 1 is 1.38 bits per heavy atom. The van der Waals surface area contributed by atoms with Crippen LogP contribution in [0.3, 0.4) is 0 Å². The summed E-state index contributed by atoms with van der Waals surface area (Å²) >= 11 is 1.85. The van der Waals surface area contributed by atoms with Gasteiger partial charge in [-0.1, -0.05) is 0 Å². The molecule has 0 radical (unpaired) electrons. The van der Waals surface area contributed by atoms with Crippen LogP contribution in [0.4, 0.5) is 11.4 Å². The van der Waals surface area contributed by atoms with Crippen LogP contribution in [0.5, 0.6) is 0 Å². The van der Waals surface area contributed by atoms with E-state index in [2.05, 4.69) is 11.6 Å². The van der Waals surface area contributed by atoms with Gasteiger partial charge in [0.15, 0.2) is 0 Å². The molecular weight excluding hydrogens is 292 g/mol. The first-order valence-corrected chi connectivity index (χ1v) is 8.11. The summed E-state index contributed by atoms with van der Waals surface area (Å²) in [5.41, 5.74) is 0.278. The van der Waals surface area contributed by atoms with Crippen molar-refractivity contribution in [2.75, 3.05) is 11.6 Å². The SMILES string of the molecule is CSC1CCC(Nc2cc(C(=O)O)ccc2[N+](=O)[O-])CC1. The second kappa shape index (κ2) is 6.80. The first-order valence-electron chi connectivity index (χ1n) is 6.82. The Hall–Kier alpha value is -1.76. The highest BCUT2D eigenvalue weighted by atomic mass is 32.2. The van der Waals surface area contributed by atoms with Crippen molar-refractivity contribution in [3.05, 3.63) is 33.9 Å². The molecule has 0 bridgehead atoms. The maximum atomic E-state index is 11.1. The molecule has 1 aliphatic carbocycles. The molecule has 0 saturated heterocycles. The van der Waals surface area contributed by atoms with Crippen LogP contribution in [0.2, 0.25) is 0 Å². The fourth-order valence-electron chi connectivity index (χ4n) is 2.61. The molecule has 114 valence electrons. The van der Waals surface area contributed by atoms with E-state index in [0.29, 0.717) is 10.9 Å². The van der Waals surface area contributed by atoms with Gasteiger partial charge in [-0.05, 0) is 44.1 Å². The number of nitrogens with one attached hydrogen (secondary N) is 1. The van der Waals surface area contributed by atoms with Gasteiger partial charge < -0.3 is 10.4 Å². The molecule has 1 saturated carbocycles. The molecule has 1 fully saturated rings. The lowest BCUT2D eigenvalue weighted by Gasteiger charge is -2.28. The van der Waals surface area contributed by atoms with Crippen LogP contribution >= 0.6 is 11.8 Å². The van der Waals surface area contributed by atoms with E-state index < -0.39 is 10.9 Å². The topological polar surface area (TPSA) is 92.5 Å². The zero-order chi connectivity index (χ0) is 15.4. The van der Waals surface area contributed by atoms with Gasteiger partial charge in [-0.25, -0.2) is 4.79 Å². The van der Waals surface area contributed by atoms with E-state index >= 15 is 0 Å². The zero-order valence-corrected chi connectivity index (χ0v) is 12.6. The van der Waals surface area contributed by atoms with Crippen molar-refractivity contribution < 1.29 is 14.8 Å². The molecule has 1 aromatic rings. The van der Waals surface area contributed by atoms with Crippen LogP contribution in [0.25, 0.3) is 0 Å². The van der Waals surface area contributed by atoms with Crippen molar-refractivity contribution in [1.82, 2.24) is 0 Å². The van der Waals surface area contributed by atoms with Crippen molar-refractivity contribution in [2.24, 2.45) is 0 Å². The summed E-state index contributed by atoms with van der Waals surface area (Å²) in [6, 6.07) is 4.02. The fraction of sp³-hybridized carbons (Fsp3) is 0.500. The molecule has 2 N–H and O–H groups in total. The van der Waals surface area contributed by atoms with Gasteiger partial charge in [-0.15, -0.1) is 0 Å². The Morgan fingerprint density at radius 2 is 2.05 bits per heavy atom. The van der Waals surface area contributed by atoms with E-state index in [4.69, 9.17) is 5.11 Å². The summed E-state index contributed by atoms with van der Waals surface area (Å²) in [4.78, 5) is 21.6. The number of carboxylic acids is 1. The molecule has 1 aliphatic rings. The van der Waals surface area contributed by atoms with E-state index in [1.807, 2.05) is 11.8 Å². The number of nitro benzene ring substituents is 1. The van der Waals surface area contributed by atoms with Gasteiger partial charge in [0.2, 0.25) is 0 Å². The second-order valence-electron chi connectivity index (χ2n) is 5.15. The van der Waals surface area contributed by atoms with Crippen LogP contribution in [0, 0.1) is 10.1 Å². The van der Waals surface area contributed by atoms with Crippen LogP contribution in [-0.2, 0) is 0 Å². The third kappa shape index (κ3) is 3.87. The number of rotatable bonds is 5. The third-order valence-corrected chi connectivity index (χ3v) is 4.95. The number of hydrogen-bond donors (Lipinski definition) is 2. The molecule has 0 unspecified atom stereocenters. The van der Waals surface area contributed by atoms with E-state index in [1.165, 1.54) is 18.2 Å². The molecule has 0 spiro atoms. The Kier molecular flexibility index (Phi) is 5.06. The zero-order valence-electron chi connectivity index (χ0n) is 11.7. The van der Waals surface area contributed by atoms with Crippen molar-refractivity contribution in [1.29, 1.82) is 0 Å². The number of carboxylic acid groups (broad SMARTS) is 1. The Balaban J connectivity index is 2.15. The van der Waals surface area contributed by atoms with Crippen LogP contribution in [0.15, 0.2) is 18.2 Å². The average molecular weight is 310 g/mol. The maximum absolute atomic E-state index is 11.1. The number of aromatic carboxylic acids is 1. The number of benzene rings is 1. The Morgan fingerprint density at radius 3 is 2.57 bits per heavy atom. The minimum Gasteiger partial charge on any atom is -0.478 e. The van der Waals surface area contributed by atoms with E-state index in [9.17, 15) is 14.9 Å². The lowest BCUT2D eigenvalue weighted by atomic mass is 9.94. The summed E-state index contributed by atoms with van der Waals surface area (Å²) in [5.74, 6) is -1.08. The molecule has 0 aromatic heterocycles. The third-order valence-electron chi connectivity index (χ3n) is 3.81. The molecule has 21 heavy (non-hydrogen) atoms. The largest absolute Gasteiger partial charge is 0.478 e. The molecule has 0 heterocycles. The number of nitro groups is 1. The molecular formula is C14H18N2O4S. The Labute approximate surface area is 127 Å². The molecule has 0 amide bonds. The highest BCUT2D eigenvalue weighted by molar-refractivity contribution is 7.99. The molecule has 7 heteroatoms. The molecule has 0 atom stereocenters. The summed E-state index contributed by atoms with van der Waals surface area (Å²) in [7, 11) is 0. The van der Waals surface area contributed by atoms with Gasteiger partial charge in [0, 0.05) is 17.4 Å². The van der Waals surface area contributed by atoms with Crippen molar-refractivity contribution in [3.63, 3.8) is 0 Å². The van der Waals surface area contributed by atoms with Gasteiger partial charge in [0.05, 0.1) is 10.5 Å². The monoisotopic (exact) mass is 310 g/mol. The van der Waals surface area contributed by atoms with Crippen LogP contribution in [-0.4, -0.2) is 33.5 Å². The van der Waals surface area contributed by atoms with E-state index in [-0.39, 0.29) is 17.3 Å². The number of hydrogen-bond acceptors (Lipinski definition) is 5. The number of anilines is 1. The van der Waals surface area contributed by atoms with Gasteiger partial charge in [-0.3, -0.25) is 10.1 Å². The fourth-order valence-corrected chi connectivity index (χ4v) is 3.35. The summed E-state index contributed by atoms with van der Waals surface area (Å²) in [6.07, 6.45) is 6.13. The molecule has 0 aliphatic heterocycles. The standard InChI is InChI=1S/C14H18N2O4S/c1-21-11-5-3-10(4-6-11)15-12-8-9(14(17)18)2-7-13(12)16(19)20/h2,7-8,10-11,15H,3-6H2,1H3,(H,17,18). The van der Waals surface area contributed by atoms with Crippen molar-refractivity contribution in [3.8, 4) is 0 Å². The minimum absolute atomic E-state index is 0.0564. The van der Waals surface area contributed by atoms with Gasteiger partial charge in [0.1, 0.15) is 5.69 Å². The smallest absolute Gasteiger partial charge is 0.335 e. The second-order valence-corrected chi connectivity index (χ2v) is 6.29. The van der Waals surface area contributed by atoms with Crippen molar-refractivity contribution in [2.45, 2.75) is 37.0 Å². The molecule has 1 aromatic carbocycles. The van der Waals surface area contributed by atoms with Crippen LogP contribution < -0.4 is 5.32 Å². The van der Waals surface area contributed by atoms with Crippen molar-refractivity contribution >= 4 is 29.1 Å². The first kappa shape index (κ1) is 15.6. The van der Waals surface area contributed by atoms with Gasteiger partial charge in [-0.2, -0.15) is 11.8 Å². The first-order chi connectivity index (χ1) is 10.0. The number of nitrogens with zero attached hydrogens (tertiary/aromatic N) is 1. The highest BCUT2D eigenvalue weighted by Gasteiger charge is 2.23. The maximum Gasteiger partial charge on any atom is 0.335 e. The van der Waals surface area contributed by atoms with Gasteiger partial charge in [0.25, 0.3) is 5.69 Å². The lowest BCUT2D eigenvalue weighted by molar-refractivity contribution is -0.384. The average Bonchev–Trinajstić information content (AvgIpc) is 2.47. The summed E-state index contributed by atoms with van der Waals surface area (Å²) in [6.45, 7) is 0. The van der Waals surface area contributed by atoms with E-state index in [0.717, 1.165) is 25.7 Å². The van der Waals surface area contributed by atoms with E-state index in [1.54, 1.807) is 0 Å². The van der Waals surface area contributed by atoms with Crippen LogP contribution in [0.1, 0.15) is 36.0 Å². The molecule has 2 rings (SSSR count). The summed E-state index contributed by atoms with van der Waals surface area (Å²) in [5, 5.41) is 23.9. The molecule has 6 nitrogen and oxygen atoms in total. The minimum atomic E-state index is -1.08. The predicted octanol–water partition coefficient (Wildman–Crippen LogP) is 3.38.